The highest BCUT2D eigenvalue weighted by Crippen LogP contribution is 2.42. The normalized spacial score (nSPS) is 15.2. The fourth-order valence-electron chi connectivity index (χ4n) is 4.01. The Bertz CT molecular complexity index is 1240. The van der Waals surface area contributed by atoms with Crippen molar-refractivity contribution in [2.24, 2.45) is 4.99 Å². The van der Waals surface area contributed by atoms with Gasteiger partial charge < -0.3 is 0 Å². The molecule has 0 saturated carbocycles. The second kappa shape index (κ2) is 8.07. The van der Waals surface area contributed by atoms with Crippen molar-refractivity contribution in [1.29, 1.82) is 0 Å². The molecule has 0 bridgehead atoms. The average molecular weight is 409 g/mol. The third-order valence-corrected chi connectivity index (χ3v) is 5.42. The minimum atomic E-state index is -0.618. The lowest BCUT2D eigenvalue weighted by Gasteiger charge is -2.16. The maximum absolute atomic E-state index is 14.7. The zero-order valence-corrected chi connectivity index (χ0v) is 16.6. The van der Waals surface area contributed by atoms with Gasteiger partial charge in [-0.2, -0.15) is 4.58 Å². The molecule has 1 aliphatic rings. The van der Waals surface area contributed by atoms with Crippen LogP contribution in [0.2, 0.25) is 0 Å². The minimum Gasteiger partial charge on any atom is -0.214 e. The Kier molecular flexibility index (Phi) is 4.97. The number of rotatable bonds is 4. The van der Waals surface area contributed by atoms with Crippen LogP contribution in [-0.2, 0) is 0 Å². The predicted molar refractivity (Wildman–Crippen MR) is 121 cm³/mol. The van der Waals surface area contributed by atoms with Crippen LogP contribution >= 0.6 is 0 Å². The number of nitrogens with zero attached hydrogens (tertiary/aromatic N) is 2. The Labute approximate surface area is 179 Å². The Morgan fingerprint density at radius 3 is 1.87 bits per heavy atom. The molecule has 4 heteroatoms. The quantitative estimate of drug-likeness (QED) is 0.330. The summed E-state index contributed by atoms with van der Waals surface area (Å²) in [5.41, 5.74) is 5.37. The van der Waals surface area contributed by atoms with Crippen molar-refractivity contribution in [3.8, 4) is 22.3 Å². The van der Waals surface area contributed by atoms with Gasteiger partial charge in [0.2, 0.25) is 5.69 Å². The highest BCUT2D eigenvalue weighted by atomic mass is 19.1. The standard InChI is InChI=1S/C27H19F2N2/c28-21-14-15-24(25(29)18-21)27-30-16-17-31(27)26-22(19-8-3-1-4-9-19)12-7-13-23(26)20-10-5-2-6-11-20/h1-18,27H/q+1. The molecular weight excluding hydrogens is 390 g/mol. The molecule has 1 atom stereocenters. The maximum Gasteiger partial charge on any atom is 0.280 e. The van der Waals surface area contributed by atoms with Crippen molar-refractivity contribution in [2.45, 2.75) is 6.17 Å². The molecule has 0 aliphatic carbocycles. The van der Waals surface area contributed by atoms with Gasteiger partial charge in [-0.25, -0.2) is 13.8 Å². The molecular formula is C27H19F2N2+. The first-order chi connectivity index (χ1) is 15.2. The fraction of sp³-hybridized carbons (Fsp3) is 0.0370. The molecule has 150 valence electrons. The van der Waals surface area contributed by atoms with Crippen LogP contribution in [-0.4, -0.2) is 17.0 Å². The second-order valence-electron chi connectivity index (χ2n) is 7.33. The van der Waals surface area contributed by atoms with Crippen molar-refractivity contribution >= 4 is 18.1 Å². The van der Waals surface area contributed by atoms with Gasteiger partial charge in [0.1, 0.15) is 11.6 Å². The minimum absolute atomic E-state index is 0.327. The molecule has 0 aromatic heterocycles. The van der Waals surface area contributed by atoms with Crippen LogP contribution in [0.25, 0.3) is 22.3 Å². The summed E-state index contributed by atoms with van der Waals surface area (Å²) in [6, 6.07) is 29.9. The van der Waals surface area contributed by atoms with E-state index in [9.17, 15) is 8.78 Å². The van der Waals surface area contributed by atoms with E-state index >= 15 is 0 Å². The van der Waals surface area contributed by atoms with E-state index in [2.05, 4.69) is 41.4 Å². The van der Waals surface area contributed by atoms with Crippen molar-refractivity contribution in [3.05, 3.63) is 114 Å². The summed E-state index contributed by atoms with van der Waals surface area (Å²) >= 11 is 0. The second-order valence-corrected chi connectivity index (χ2v) is 7.33. The van der Waals surface area contributed by atoms with E-state index in [-0.39, 0.29) is 0 Å². The smallest absolute Gasteiger partial charge is 0.214 e. The molecule has 1 unspecified atom stereocenters. The molecule has 1 heterocycles. The summed E-state index contributed by atoms with van der Waals surface area (Å²) in [7, 11) is 0. The average Bonchev–Trinajstić information content (AvgIpc) is 3.29. The molecule has 31 heavy (non-hydrogen) atoms. The van der Waals surface area contributed by atoms with E-state index in [0.717, 1.165) is 34.0 Å². The lowest BCUT2D eigenvalue weighted by Crippen LogP contribution is -2.13. The van der Waals surface area contributed by atoms with Gasteiger partial charge in [-0.15, -0.1) is 0 Å². The van der Waals surface area contributed by atoms with Crippen molar-refractivity contribution in [2.75, 3.05) is 0 Å². The van der Waals surface area contributed by atoms with Crippen molar-refractivity contribution in [3.63, 3.8) is 0 Å². The van der Waals surface area contributed by atoms with Gasteiger partial charge in [-0.3, -0.25) is 0 Å². The summed E-state index contributed by atoms with van der Waals surface area (Å²) in [5.74, 6) is -1.21. The first-order valence-corrected chi connectivity index (χ1v) is 10.1. The van der Waals surface area contributed by atoms with Gasteiger partial charge in [0.25, 0.3) is 6.17 Å². The van der Waals surface area contributed by atoms with Crippen LogP contribution in [0, 0.1) is 11.6 Å². The molecule has 5 rings (SSSR count). The van der Waals surface area contributed by atoms with E-state index in [1.165, 1.54) is 12.1 Å². The third-order valence-electron chi connectivity index (χ3n) is 5.42. The number of hydrogen-bond donors (Lipinski definition) is 0. The summed E-state index contributed by atoms with van der Waals surface area (Å²) in [5, 5.41) is 0. The molecule has 1 aliphatic heterocycles. The summed E-state index contributed by atoms with van der Waals surface area (Å²) in [6.07, 6.45) is 2.90. The Morgan fingerprint density at radius 2 is 1.29 bits per heavy atom. The Morgan fingerprint density at radius 1 is 0.677 bits per heavy atom. The van der Waals surface area contributed by atoms with E-state index in [1.54, 1.807) is 6.21 Å². The summed E-state index contributed by atoms with van der Waals surface area (Å²) in [6.45, 7) is 0. The molecule has 0 N–H and O–H groups in total. The van der Waals surface area contributed by atoms with E-state index in [0.29, 0.717) is 5.56 Å². The van der Waals surface area contributed by atoms with Crippen molar-refractivity contribution < 1.29 is 13.4 Å². The number of benzene rings is 4. The predicted octanol–water partition coefficient (Wildman–Crippen LogP) is 6.80. The molecule has 2 nitrogen and oxygen atoms in total. The molecule has 4 aromatic carbocycles. The van der Waals surface area contributed by atoms with Gasteiger partial charge in [-0.05, 0) is 35.4 Å². The maximum atomic E-state index is 14.7. The highest BCUT2D eigenvalue weighted by Gasteiger charge is 2.34. The van der Waals surface area contributed by atoms with Crippen LogP contribution in [0.1, 0.15) is 11.7 Å². The van der Waals surface area contributed by atoms with Crippen LogP contribution in [0.15, 0.2) is 102 Å². The first-order valence-electron chi connectivity index (χ1n) is 10.1. The van der Waals surface area contributed by atoms with Crippen LogP contribution in [0.4, 0.5) is 14.5 Å². The molecule has 0 fully saturated rings. The number of halogens is 2. The lowest BCUT2D eigenvalue weighted by molar-refractivity contribution is -0.478. The Balaban J connectivity index is 1.74. The van der Waals surface area contributed by atoms with E-state index in [4.69, 9.17) is 0 Å². The SMILES string of the molecule is Fc1ccc(C2N=CC=[N+]2c2c(-c3ccccc3)cccc2-c2ccccc2)c(F)c1. The van der Waals surface area contributed by atoms with E-state index in [1.807, 2.05) is 53.3 Å². The summed E-state index contributed by atoms with van der Waals surface area (Å²) in [4.78, 5) is 4.51. The highest BCUT2D eigenvalue weighted by molar-refractivity contribution is 6.15. The Hall–Kier alpha value is -3.92. The molecule has 0 amide bonds. The topological polar surface area (TPSA) is 15.4 Å². The first kappa shape index (κ1) is 19.1. The van der Waals surface area contributed by atoms with Crippen LogP contribution in [0.3, 0.4) is 0 Å². The summed E-state index contributed by atoms with van der Waals surface area (Å²) < 4.78 is 30.2. The van der Waals surface area contributed by atoms with Gasteiger partial charge in [0.15, 0.2) is 6.21 Å². The third kappa shape index (κ3) is 3.57. The van der Waals surface area contributed by atoms with Gasteiger partial charge in [-0.1, -0.05) is 66.7 Å². The molecule has 4 aromatic rings. The van der Waals surface area contributed by atoms with E-state index < -0.39 is 17.8 Å². The lowest BCUT2D eigenvalue weighted by atomic mass is 9.95. The fourth-order valence-corrected chi connectivity index (χ4v) is 4.01. The van der Waals surface area contributed by atoms with Crippen molar-refractivity contribution in [1.82, 2.24) is 0 Å². The number of para-hydroxylation sites is 1. The van der Waals surface area contributed by atoms with Gasteiger partial charge in [0.05, 0.1) is 22.9 Å². The van der Waals surface area contributed by atoms with Crippen LogP contribution in [0.5, 0.6) is 0 Å². The zero-order valence-electron chi connectivity index (χ0n) is 16.6. The van der Waals surface area contributed by atoms with Crippen LogP contribution < -0.4 is 0 Å². The number of hydrogen-bond acceptors (Lipinski definition) is 1. The molecule has 0 spiro atoms. The van der Waals surface area contributed by atoms with Gasteiger partial charge in [0, 0.05) is 6.07 Å². The van der Waals surface area contributed by atoms with Gasteiger partial charge >= 0.3 is 0 Å². The zero-order chi connectivity index (χ0) is 21.2. The molecule has 0 saturated heterocycles. The molecule has 0 radical (unpaired) electrons. The monoisotopic (exact) mass is 409 g/mol. The number of aliphatic imine (C=N–C) groups is 1. The largest absolute Gasteiger partial charge is 0.280 e.